The van der Waals surface area contributed by atoms with Gasteiger partial charge in [0.25, 0.3) is 0 Å². The van der Waals surface area contributed by atoms with Crippen LogP contribution in [0, 0.1) is 5.92 Å². The van der Waals surface area contributed by atoms with E-state index >= 15 is 0 Å². The molecule has 4 N–H and O–H groups in total. The lowest BCUT2D eigenvalue weighted by atomic mass is 9.97. The molecular weight excluding hydrogens is 554 g/mol. The van der Waals surface area contributed by atoms with Crippen molar-refractivity contribution in [2.24, 2.45) is 5.92 Å². The zero-order valence-corrected chi connectivity index (χ0v) is 24.6. The highest BCUT2D eigenvalue weighted by Crippen LogP contribution is 2.22. The van der Waals surface area contributed by atoms with Gasteiger partial charge in [0.15, 0.2) is 0 Å². The van der Waals surface area contributed by atoms with Crippen molar-refractivity contribution in [1.29, 1.82) is 0 Å². The minimum absolute atomic E-state index is 0.0109. The van der Waals surface area contributed by atoms with E-state index in [4.69, 9.17) is 0 Å². The molecule has 1 aromatic heterocycles. The van der Waals surface area contributed by atoms with Gasteiger partial charge in [0, 0.05) is 57.8 Å². The molecule has 43 heavy (non-hydrogen) atoms. The van der Waals surface area contributed by atoms with Gasteiger partial charge in [-0.25, -0.2) is 0 Å². The zero-order chi connectivity index (χ0) is 30.9. The van der Waals surface area contributed by atoms with Gasteiger partial charge < -0.3 is 30.9 Å². The molecule has 2 aliphatic rings. The molecule has 1 aromatic carbocycles. The van der Waals surface area contributed by atoms with Crippen LogP contribution in [0.1, 0.15) is 38.7 Å². The Morgan fingerprint density at radius 2 is 1.86 bits per heavy atom. The van der Waals surface area contributed by atoms with Crippen molar-refractivity contribution in [2.75, 3.05) is 26.2 Å². The summed E-state index contributed by atoms with van der Waals surface area (Å²) in [5.41, 5.74) is 0.822. The van der Waals surface area contributed by atoms with Gasteiger partial charge in [0.2, 0.25) is 29.5 Å². The number of carbonyl (C=O) groups excluding carboxylic acids is 5. The number of hydrogen-bond acceptors (Lipinski definition) is 7. The average molecular weight is 596 g/mol. The number of aryl methyl sites for hydroxylation is 1. The third-order valence-corrected chi connectivity index (χ3v) is 8.06. The smallest absolute Gasteiger partial charge is 0.246 e. The van der Waals surface area contributed by atoms with Gasteiger partial charge in [0.05, 0.1) is 12.6 Å². The fourth-order valence-corrected chi connectivity index (χ4v) is 5.42. The maximum atomic E-state index is 13.8. The van der Waals surface area contributed by atoms with Gasteiger partial charge in [-0.3, -0.25) is 28.7 Å². The molecule has 2 saturated heterocycles. The summed E-state index contributed by atoms with van der Waals surface area (Å²) in [5, 5.41) is 23.0. The van der Waals surface area contributed by atoms with Crippen LogP contribution in [-0.2, 0) is 36.9 Å². The highest BCUT2D eigenvalue weighted by molar-refractivity contribution is 5.95. The summed E-state index contributed by atoms with van der Waals surface area (Å²) >= 11 is 0. The zero-order valence-electron chi connectivity index (χ0n) is 24.6. The third-order valence-electron chi connectivity index (χ3n) is 8.06. The van der Waals surface area contributed by atoms with Crippen LogP contribution in [0.2, 0.25) is 0 Å². The van der Waals surface area contributed by atoms with Gasteiger partial charge in [-0.1, -0.05) is 50.6 Å². The Morgan fingerprint density at radius 3 is 2.56 bits per heavy atom. The number of carbonyl (C=O) groups is 5. The lowest BCUT2D eigenvalue weighted by Gasteiger charge is -2.32. The Kier molecular flexibility index (Phi) is 10.9. The second kappa shape index (κ2) is 14.8. The summed E-state index contributed by atoms with van der Waals surface area (Å²) in [4.78, 5) is 69.9. The van der Waals surface area contributed by atoms with Crippen molar-refractivity contribution in [3.8, 4) is 0 Å². The van der Waals surface area contributed by atoms with Gasteiger partial charge in [0.1, 0.15) is 18.1 Å². The Bertz CT molecular complexity index is 1270. The number of aliphatic hydroxyl groups excluding tert-OH is 1. The molecule has 13 heteroatoms. The predicted molar refractivity (Wildman–Crippen MR) is 156 cm³/mol. The molecule has 0 bridgehead atoms. The molecule has 3 heterocycles. The standard InChI is InChI=1S/C30H41N7O6/c1-3-20(2)27-30(43)37-18-22(38)17-24(37)29(42)33-23(16-21-8-5-4-6-9-21)28(41)31-12-15-35(19-25(39)34-27)26(40)10-14-36-13-7-11-32-36/h4-9,11,13,20,22-24,27,38H,3,10,12,14-19H2,1-2H3,(H,31,41)(H,33,42)(H,34,39)/t20-,22+,23-,24-,27-/m0/s1. The molecule has 0 saturated carbocycles. The molecule has 0 radical (unpaired) electrons. The van der Waals surface area contributed by atoms with E-state index in [-0.39, 0.29) is 57.3 Å². The van der Waals surface area contributed by atoms with Crippen LogP contribution in [0.4, 0.5) is 0 Å². The first kappa shape index (κ1) is 31.7. The van der Waals surface area contributed by atoms with Crippen LogP contribution >= 0.6 is 0 Å². The third kappa shape index (κ3) is 8.40. The van der Waals surface area contributed by atoms with E-state index < -0.39 is 47.9 Å². The monoisotopic (exact) mass is 595 g/mol. The number of nitrogens with zero attached hydrogens (tertiary/aromatic N) is 4. The van der Waals surface area contributed by atoms with Gasteiger partial charge in [-0.15, -0.1) is 0 Å². The van der Waals surface area contributed by atoms with Crippen molar-refractivity contribution >= 4 is 29.5 Å². The van der Waals surface area contributed by atoms with E-state index in [2.05, 4.69) is 21.0 Å². The van der Waals surface area contributed by atoms with Crippen molar-refractivity contribution in [3.05, 3.63) is 54.4 Å². The summed E-state index contributed by atoms with van der Waals surface area (Å²) in [5.74, 6) is -2.64. The molecule has 13 nitrogen and oxygen atoms in total. The summed E-state index contributed by atoms with van der Waals surface area (Å²) < 4.78 is 1.61. The molecule has 0 spiro atoms. The normalized spacial score (nSPS) is 24.7. The van der Waals surface area contributed by atoms with Crippen molar-refractivity contribution in [2.45, 2.75) is 70.3 Å². The van der Waals surface area contributed by atoms with Crippen LogP contribution in [0.15, 0.2) is 48.8 Å². The van der Waals surface area contributed by atoms with Crippen LogP contribution in [0.5, 0.6) is 0 Å². The molecule has 0 unspecified atom stereocenters. The van der Waals surface area contributed by atoms with Crippen LogP contribution in [0.25, 0.3) is 0 Å². The first-order valence-electron chi connectivity index (χ1n) is 14.8. The summed E-state index contributed by atoms with van der Waals surface area (Å²) in [6, 6.07) is 8.01. The number of nitrogens with one attached hydrogen (secondary N) is 3. The number of fused-ring (bicyclic) bond motifs is 1. The highest BCUT2D eigenvalue weighted by atomic mass is 16.3. The van der Waals surface area contributed by atoms with E-state index in [9.17, 15) is 29.1 Å². The topological polar surface area (TPSA) is 166 Å². The number of aliphatic hydroxyl groups is 1. The number of amides is 5. The second-order valence-electron chi connectivity index (χ2n) is 11.2. The second-order valence-corrected chi connectivity index (χ2v) is 11.2. The highest BCUT2D eigenvalue weighted by Gasteiger charge is 2.43. The van der Waals surface area contributed by atoms with Crippen LogP contribution < -0.4 is 16.0 Å². The minimum Gasteiger partial charge on any atom is -0.391 e. The van der Waals surface area contributed by atoms with Crippen molar-refractivity contribution in [1.82, 2.24) is 35.5 Å². The summed E-state index contributed by atoms with van der Waals surface area (Å²) in [6.45, 7) is 3.73. The number of aromatic nitrogens is 2. The largest absolute Gasteiger partial charge is 0.391 e. The SMILES string of the molecule is CC[C@H](C)[C@@H]1NC(=O)CN(C(=O)CCn2cccn2)CCNC(=O)[C@H](Cc2ccccc2)NC(=O)[C@@H]2C[C@@H](O)CN2C1=O. The van der Waals surface area contributed by atoms with Gasteiger partial charge in [-0.05, 0) is 17.5 Å². The van der Waals surface area contributed by atoms with E-state index in [0.29, 0.717) is 13.0 Å². The molecule has 0 aliphatic carbocycles. The van der Waals surface area contributed by atoms with E-state index in [1.807, 2.05) is 44.2 Å². The molecular formula is C30H41N7O6. The number of hydrogen-bond donors (Lipinski definition) is 4. The Balaban J connectivity index is 1.61. The lowest BCUT2D eigenvalue weighted by Crippen LogP contribution is -2.58. The van der Waals surface area contributed by atoms with E-state index in [0.717, 1.165) is 5.56 Å². The molecule has 232 valence electrons. The fraction of sp³-hybridized carbons (Fsp3) is 0.533. The van der Waals surface area contributed by atoms with Crippen molar-refractivity contribution < 1.29 is 29.1 Å². The van der Waals surface area contributed by atoms with E-state index in [1.54, 1.807) is 23.1 Å². The quantitative estimate of drug-likeness (QED) is 0.333. The number of benzene rings is 1. The van der Waals surface area contributed by atoms with Crippen molar-refractivity contribution in [3.63, 3.8) is 0 Å². The summed E-state index contributed by atoms with van der Waals surface area (Å²) in [7, 11) is 0. The van der Waals surface area contributed by atoms with Crippen LogP contribution in [0.3, 0.4) is 0 Å². The Hall–Kier alpha value is -4.26. The lowest BCUT2D eigenvalue weighted by molar-refractivity contribution is -0.143. The molecule has 5 amide bonds. The first-order valence-corrected chi connectivity index (χ1v) is 14.8. The first-order chi connectivity index (χ1) is 20.7. The molecule has 2 fully saturated rings. The molecule has 4 rings (SSSR count). The fourth-order valence-electron chi connectivity index (χ4n) is 5.42. The molecule has 5 atom stereocenters. The summed E-state index contributed by atoms with van der Waals surface area (Å²) in [6.07, 6.45) is 3.26. The minimum atomic E-state index is -1.01. The van der Waals surface area contributed by atoms with E-state index in [1.165, 1.54) is 9.80 Å². The Morgan fingerprint density at radius 1 is 1.09 bits per heavy atom. The molecule has 2 aliphatic heterocycles. The van der Waals surface area contributed by atoms with Gasteiger partial charge in [-0.2, -0.15) is 5.10 Å². The maximum absolute atomic E-state index is 13.8. The maximum Gasteiger partial charge on any atom is 0.246 e. The van der Waals surface area contributed by atoms with Crippen LogP contribution in [-0.4, -0.2) is 105 Å². The molecule has 2 aromatic rings. The van der Waals surface area contributed by atoms with Gasteiger partial charge >= 0.3 is 0 Å². The number of rotatable bonds is 7. The average Bonchev–Trinajstić information content (AvgIpc) is 3.67. The Labute approximate surface area is 251 Å². The predicted octanol–water partition coefficient (Wildman–Crippen LogP) is -0.548.